The monoisotopic (exact) mass is 205 g/mol. The molecule has 0 radical (unpaired) electrons. The second-order valence-electron chi connectivity index (χ2n) is 2.75. The van der Waals surface area contributed by atoms with Gasteiger partial charge in [-0.3, -0.25) is 0 Å². The highest BCUT2D eigenvalue weighted by atomic mass is 35.5. The van der Waals surface area contributed by atoms with Gasteiger partial charge in [-0.15, -0.1) is 12.4 Å². The lowest BCUT2D eigenvalue weighted by Gasteiger charge is -2.18. The molecule has 12 heavy (non-hydrogen) atoms. The normalized spacial score (nSPS) is 30.0. The van der Waals surface area contributed by atoms with E-state index in [4.69, 9.17) is 5.11 Å². The molecule has 0 aromatic rings. The third-order valence-electron chi connectivity index (χ3n) is 1.99. The van der Waals surface area contributed by atoms with Crippen molar-refractivity contribution >= 4 is 12.4 Å². The lowest BCUT2D eigenvalue weighted by Crippen LogP contribution is -2.31. The molecule has 0 unspecified atom stereocenters. The van der Waals surface area contributed by atoms with Crippen LogP contribution in [0, 0.1) is 11.8 Å². The summed E-state index contributed by atoms with van der Waals surface area (Å²) in [6.07, 6.45) is -4.17. The van der Waals surface area contributed by atoms with Gasteiger partial charge < -0.3 is 10.4 Å². The van der Waals surface area contributed by atoms with Gasteiger partial charge >= 0.3 is 6.18 Å². The van der Waals surface area contributed by atoms with Crippen molar-refractivity contribution in [3.05, 3.63) is 0 Å². The van der Waals surface area contributed by atoms with E-state index in [1.807, 2.05) is 0 Å². The number of nitrogens with one attached hydrogen (secondary N) is 1. The van der Waals surface area contributed by atoms with Crippen molar-refractivity contribution in [2.24, 2.45) is 11.8 Å². The average Bonchev–Trinajstić information content (AvgIpc) is 2.31. The van der Waals surface area contributed by atoms with Gasteiger partial charge in [0.15, 0.2) is 0 Å². The number of aliphatic hydroxyl groups is 1. The van der Waals surface area contributed by atoms with Crippen molar-refractivity contribution in [2.75, 3.05) is 19.7 Å². The third-order valence-corrected chi connectivity index (χ3v) is 1.99. The highest BCUT2D eigenvalue weighted by Crippen LogP contribution is 2.33. The Morgan fingerprint density at radius 3 is 2.25 bits per heavy atom. The summed E-state index contributed by atoms with van der Waals surface area (Å²) in [5, 5.41) is 11.2. The van der Waals surface area contributed by atoms with Crippen LogP contribution in [0.3, 0.4) is 0 Å². The maximum absolute atomic E-state index is 12.0. The summed E-state index contributed by atoms with van der Waals surface area (Å²) in [4.78, 5) is 0. The molecule has 0 aromatic heterocycles. The molecule has 2 nitrogen and oxygen atoms in total. The fraction of sp³-hybridized carbons (Fsp3) is 1.00. The Hall–Kier alpha value is -0.0000000000000000555. The number of alkyl halides is 3. The first-order valence-corrected chi connectivity index (χ1v) is 3.44. The van der Waals surface area contributed by atoms with E-state index in [-0.39, 0.29) is 25.5 Å². The van der Waals surface area contributed by atoms with Gasteiger partial charge in [0, 0.05) is 25.6 Å². The fourth-order valence-electron chi connectivity index (χ4n) is 1.31. The number of hydrogen-bond acceptors (Lipinski definition) is 2. The summed E-state index contributed by atoms with van der Waals surface area (Å²) in [6.45, 7) is -0.188. The molecule has 0 aromatic carbocycles. The minimum atomic E-state index is -4.17. The van der Waals surface area contributed by atoms with Crippen LogP contribution in [0.25, 0.3) is 0 Å². The Balaban J connectivity index is 0.00000121. The zero-order chi connectivity index (χ0) is 8.48. The zero-order valence-corrected chi connectivity index (χ0v) is 7.08. The SMILES string of the molecule is Cl.OC[C@@H]1CNC[C@@H]1C(F)(F)F. The summed E-state index contributed by atoms with van der Waals surface area (Å²) in [6, 6.07) is 0. The molecular formula is C6H11ClF3NO. The van der Waals surface area contributed by atoms with Crippen LogP contribution in [0.15, 0.2) is 0 Å². The summed E-state index contributed by atoms with van der Waals surface area (Å²) in [5.41, 5.74) is 0. The van der Waals surface area contributed by atoms with Crippen molar-refractivity contribution < 1.29 is 18.3 Å². The van der Waals surface area contributed by atoms with Crippen LogP contribution in [0.4, 0.5) is 13.2 Å². The highest BCUT2D eigenvalue weighted by molar-refractivity contribution is 5.85. The van der Waals surface area contributed by atoms with Gasteiger partial charge in [-0.05, 0) is 0 Å². The van der Waals surface area contributed by atoms with Gasteiger partial charge in [0.1, 0.15) is 0 Å². The van der Waals surface area contributed by atoms with Gasteiger partial charge in [0.2, 0.25) is 0 Å². The molecule has 0 aliphatic carbocycles. The van der Waals surface area contributed by atoms with Gasteiger partial charge in [0.25, 0.3) is 0 Å². The maximum atomic E-state index is 12.0. The Morgan fingerprint density at radius 2 is 1.92 bits per heavy atom. The van der Waals surface area contributed by atoms with Crippen LogP contribution in [0.5, 0.6) is 0 Å². The average molecular weight is 206 g/mol. The Morgan fingerprint density at radius 1 is 1.33 bits per heavy atom. The Kier molecular flexibility index (Phi) is 4.30. The molecule has 0 amide bonds. The standard InChI is InChI=1S/C6H10F3NO.ClH/c7-6(8,9)5-2-10-1-4(5)3-11;/h4-5,10-11H,1-3H2;1H/t4-,5-;/m0./s1. The molecule has 1 rings (SSSR count). The molecule has 74 valence electrons. The first-order valence-electron chi connectivity index (χ1n) is 3.44. The molecule has 2 atom stereocenters. The minimum absolute atomic E-state index is 0. The van der Waals surface area contributed by atoms with E-state index < -0.39 is 24.6 Å². The van der Waals surface area contributed by atoms with Crippen LogP contribution in [-0.2, 0) is 0 Å². The van der Waals surface area contributed by atoms with E-state index >= 15 is 0 Å². The smallest absolute Gasteiger partial charge is 0.393 e. The minimum Gasteiger partial charge on any atom is -0.396 e. The Bertz CT molecular complexity index is 141. The summed E-state index contributed by atoms with van der Waals surface area (Å²) < 4.78 is 36.1. The first-order chi connectivity index (χ1) is 5.05. The van der Waals surface area contributed by atoms with Crippen molar-refractivity contribution in [1.82, 2.24) is 5.32 Å². The van der Waals surface area contributed by atoms with E-state index in [2.05, 4.69) is 5.32 Å². The highest BCUT2D eigenvalue weighted by Gasteiger charge is 2.46. The first kappa shape index (κ1) is 12.0. The van der Waals surface area contributed by atoms with E-state index in [0.717, 1.165) is 0 Å². The molecule has 1 aliphatic heterocycles. The lowest BCUT2D eigenvalue weighted by molar-refractivity contribution is -0.181. The van der Waals surface area contributed by atoms with Crippen LogP contribution in [0.1, 0.15) is 0 Å². The van der Waals surface area contributed by atoms with Crippen LogP contribution >= 0.6 is 12.4 Å². The van der Waals surface area contributed by atoms with Crippen molar-refractivity contribution in [3.63, 3.8) is 0 Å². The number of halogens is 4. The molecular weight excluding hydrogens is 195 g/mol. The van der Waals surface area contributed by atoms with Gasteiger partial charge in [0.05, 0.1) is 5.92 Å². The summed E-state index contributed by atoms with van der Waals surface area (Å²) in [5.74, 6) is -2.03. The van der Waals surface area contributed by atoms with Crippen molar-refractivity contribution in [2.45, 2.75) is 6.18 Å². The van der Waals surface area contributed by atoms with Crippen molar-refractivity contribution in [1.29, 1.82) is 0 Å². The number of rotatable bonds is 1. The van der Waals surface area contributed by atoms with E-state index in [1.54, 1.807) is 0 Å². The molecule has 0 bridgehead atoms. The summed E-state index contributed by atoms with van der Waals surface area (Å²) >= 11 is 0. The Labute approximate surface area is 74.6 Å². The lowest BCUT2D eigenvalue weighted by atomic mass is 9.97. The van der Waals surface area contributed by atoms with E-state index in [1.165, 1.54) is 0 Å². The molecule has 1 fully saturated rings. The molecule has 6 heteroatoms. The van der Waals surface area contributed by atoms with Crippen molar-refractivity contribution in [3.8, 4) is 0 Å². The molecule has 2 N–H and O–H groups in total. The predicted molar refractivity (Wildman–Crippen MR) is 40.2 cm³/mol. The number of aliphatic hydroxyl groups excluding tert-OH is 1. The van der Waals surface area contributed by atoms with Gasteiger partial charge in [-0.2, -0.15) is 13.2 Å². The molecule has 1 aliphatic rings. The topological polar surface area (TPSA) is 32.3 Å². The molecule has 1 heterocycles. The van der Waals surface area contributed by atoms with E-state index in [9.17, 15) is 13.2 Å². The number of hydrogen-bond donors (Lipinski definition) is 2. The molecule has 0 saturated carbocycles. The second kappa shape index (κ2) is 4.30. The fourth-order valence-corrected chi connectivity index (χ4v) is 1.31. The quantitative estimate of drug-likeness (QED) is 0.664. The van der Waals surface area contributed by atoms with E-state index in [0.29, 0.717) is 0 Å². The zero-order valence-electron chi connectivity index (χ0n) is 6.27. The second-order valence-corrected chi connectivity index (χ2v) is 2.75. The van der Waals surface area contributed by atoms with Gasteiger partial charge in [-0.25, -0.2) is 0 Å². The third kappa shape index (κ3) is 2.50. The summed E-state index contributed by atoms with van der Waals surface area (Å²) in [7, 11) is 0. The molecule has 1 saturated heterocycles. The van der Waals surface area contributed by atoms with Crippen LogP contribution in [0.2, 0.25) is 0 Å². The maximum Gasteiger partial charge on any atom is 0.393 e. The van der Waals surface area contributed by atoms with Gasteiger partial charge in [-0.1, -0.05) is 0 Å². The molecule has 0 spiro atoms. The predicted octanol–water partition coefficient (Wildman–Crippen LogP) is 0.798. The largest absolute Gasteiger partial charge is 0.396 e. The van der Waals surface area contributed by atoms with Crippen LogP contribution in [-0.4, -0.2) is 31.0 Å². The van der Waals surface area contributed by atoms with Crippen LogP contribution < -0.4 is 5.32 Å².